The molecule has 1 aliphatic heterocycles. The van der Waals surface area contributed by atoms with E-state index in [1.807, 2.05) is 0 Å². The lowest BCUT2D eigenvalue weighted by molar-refractivity contribution is 0.0207. The highest BCUT2D eigenvalue weighted by Gasteiger charge is 2.26. The number of amides is 1. The van der Waals surface area contributed by atoms with Crippen molar-refractivity contribution in [2.45, 2.75) is 19.1 Å². The van der Waals surface area contributed by atoms with E-state index in [4.69, 9.17) is 25.3 Å². The Morgan fingerprint density at radius 3 is 3.06 bits per heavy atom. The monoisotopic (exact) mass is 421 g/mol. The van der Waals surface area contributed by atoms with Gasteiger partial charge in [0.15, 0.2) is 5.82 Å². The van der Waals surface area contributed by atoms with Crippen LogP contribution in [0.3, 0.4) is 0 Å². The molecule has 1 aliphatic rings. The Labute approximate surface area is 177 Å². The number of nitrogen functional groups attached to an aromatic ring is 1. The highest BCUT2D eigenvalue weighted by molar-refractivity contribution is 6.00. The van der Waals surface area contributed by atoms with Crippen LogP contribution in [0.4, 0.5) is 5.82 Å². The van der Waals surface area contributed by atoms with Crippen LogP contribution in [0.15, 0.2) is 36.7 Å². The van der Waals surface area contributed by atoms with Crippen molar-refractivity contribution >= 4 is 11.7 Å². The third-order valence-electron chi connectivity index (χ3n) is 4.48. The molecular formula is C20H19N7O4. The second kappa shape index (κ2) is 9.21. The van der Waals surface area contributed by atoms with Crippen LogP contribution in [-0.2, 0) is 16.2 Å². The maximum atomic E-state index is 12.8. The van der Waals surface area contributed by atoms with Gasteiger partial charge in [0, 0.05) is 24.4 Å². The number of imidazole rings is 1. The number of nitrogens with two attached hydrogens (primary N) is 1. The largest absolute Gasteiger partial charge is 0.471 e. The molecule has 3 heterocycles. The van der Waals surface area contributed by atoms with E-state index in [0.29, 0.717) is 36.6 Å². The van der Waals surface area contributed by atoms with E-state index in [2.05, 4.69) is 31.5 Å². The van der Waals surface area contributed by atoms with Crippen molar-refractivity contribution < 1.29 is 19.1 Å². The number of carbonyl (C=O) groups excluding carboxylic acids is 1. The van der Waals surface area contributed by atoms with Crippen LogP contribution in [0.1, 0.15) is 28.2 Å². The molecule has 0 radical (unpaired) electrons. The molecule has 11 nitrogen and oxygen atoms in total. The number of carbonyl (C=O) groups is 1. The summed E-state index contributed by atoms with van der Waals surface area (Å²) < 4.78 is 11.3. The minimum Gasteiger partial charge on any atom is -0.471 e. The highest BCUT2D eigenvalue weighted by Crippen LogP contribution is 2.28. The molecule has 2 aromatic heterocycles. The molecule has 0 unspecified atom stereocenters. The van der Waals surface area contributed by atoms with Crippen molar-refractivity contribution in [3.63, 3.8) is 0 Å². The predicted octanol–water partition coefficient (Wildman–Crippen LogP) is 1.35. The molecule has 0 spiro atoms. The Morgan fingerprint density at radius 2 is 2.32 bits per heavy atom. The van der Waals surface area contributed by atoms with Gasteiger partial charge in [-0.1, -0.05) is 12.1 Å². The molecule has 0 bridgehead atoms. The Hall–Kier alpha value is -4.01. The Kier molecular flexibility index (Phi) is 6.02. The number of aromatic amines is 1. The lowest BCUT2D eigenvalue weighted by Crippen LogP contribution is -2.28. The number of rotatable bonds is 7. The van der Waals surface area contributed by atoms with Gasteiger partial charge in [-0.25, -0.2) is 15.4 Å². The summed E-state index contributed by atoms with van der Waals surface area (Å²) in [7, 11) is 0. The number of nitrogens with zero attached hydrogens (tertiary/aromatic N) is 4. The summed E-state index contributed by atoms with van der Waals surface area (Å²) in [6, 6.07) is 8.81. The zero-order valence-electron chi connectivity index (χ0n) is 16.4. The molecule has 4 rings (SSSR count). The quantitative estimate of drug-likeness (QED) is 0.478. The lowest BCUT2D eigenvalue weighted by Gasteiger charge is -2.16. The van der Waals surface area contributed by atoms with Crippen molar-refractivity contribution in [1.29, 1.82) is 5.26 Å². The van der Waals surface area contributed by atoms with Crippen LogP contribution in [-0.4, -0.2) is 45.2 Å². The average Bonchev–Trinajstić information content (AvgIpc) is 3.48. The van der Waals surface area contributed by atoms with Crippen LogP contribution in [0.25, 0.3) is 11.4 Å². The number of hydroxylamine groups is 1. The Balaban J connectivity index is 1.62. The van der Waals surface area contributed by atoms with E-state index in [-0.39, 0.29) is 35.8 Å². The second-order valence-electron chi connectivity index (χ2n) is 6.66. The van der Waals surface area contributed by atoms with Gasteiger partial charge < -0.3 is 20.2 Å². The fourth-order valence-corrected chi connectivity index (χ4v) is 2.97. The summed E-state index contributed by atoms with van der Waals surface area (Å²) in [6.45, 7) is 0.959. The lowest BCUT2D eigenvalue weighted by atomic mass is 10.1. The van der Waals surface area contributed by atoms with Gasteiger partial charge in [0.05, 0.1) is 24.8 Å². The number of hydrogen-bond acceptors (Lipinski definition) is 9. The van der Waals surface area contributed by atoms with Gasteiger partial charge in [0.25, 0.3) is 5.91 Å². The van der Waals surface area contributed by atoms with Crippen molar-refractivity contribution in [3.8, 4) is 23.3 Å². The molecule has 1 amide bonds. The first-order valence-electron chi connectivity index (χ1n) is 9.47. The van der Waals surface area contributed by atoms with Gasteiger partial charge in [0.2, 0.25) is 5.88 Å². The van der Waals surface area contributed by atoms with Crippen molar-refractivity contribution in [3.05, 3.63) is 53.6 Å². The van der Waals surface area contributed by atoms with E-state index in [0.717, 1.165) is 0 Å². The molecule has 158 valence electrons. The Bertz CT molecular complexity index is 1110. The molecule has 31 heavy (non-hydrogen) atoms. The summed E-state index contributed by atoms with van der Waals surface area (Å²) in [5.41, 5.74) is 9.38. The number of ether oxygens (including phenoxy) is 2. The first kappa shape index (κ1) is 20.3. The number of hydrogen-bond donors (Lipinski definition) is 3. The maximum Gasteiger partial charge on any atom is 0.284 e. The fraction of sp³-hybridized carbons (Fsp3) is 0.250. The second-order valence-corrected chi connectivity index (χ2v) is 6.66. The molecule has 1 fully saturated rings. The standard InChI is InChI=1S/C20H19N7O4/c21-9-12-2-1-3-13(8-12)18-25-17(22)16(20(26-18)31-14-4-7-29-10-14)19(28)27-30-11-15-23-5-6-24-15/h1-3,5-6,8,14H,4,7,10-11H2,(H,23,24)(H,27,28)(H2,22,25,26)/t14-/m0/s1. The van der Waals surface area contributed by atoms with Gasteiger partial charge in [-0.2, -0.15) is 10.2 Å². The summed E-state index contributed by atoms with van der Waals surface area (Å²) in [5.74, 6) is 0.0449. The minimum atomic E-state index is -0.657. The number of nitrogens with one attached hydrogen (secondary N) is 2. The highest BCUT2D eigenvalue weighted by atomic mass is 16.7. The van der Waals surface area contributed by atoms with Gasteiger partial charge in [-0.15, -0.1) is 0 Å². The van der Waals surface area contributed by atoms with Crippen molar-refractivity contribution in [2.75, 3.05) is 18.9 Å². The minimum absolute atomic E-state index is 0.0134. The number of benzene rings is 1. The summed E-state index contributed by atoms with van der Waals surface area (Å²) >= 11 is 0. The zero-order valence-corrected chi connectivity index (χ0v) is 16.4. The van der Waals surface area contributed by atoms with Gasteiger partial charge >= 0.3 is 0 Å². The third kappa shape index (κ3) is 4.77. The summed E-state index contributed by atoms with van der Waals surface area (Å²) in [5, 5.41) is 9.15. The molecule has 1 atom stereocenters. The first-order valence-corrected chi connectivity index (χ1v) is 9.47. The molecular weight excluding hydrogens is 402 g/mol. The van der Waals surface area contributed by atoms with Crippen LogP contribution in [0, 0.1) is 11.3 Å². The van der Waals surface area contributed by atoms with Crippen LogP contribution in [0.2, 0.25) is 0 Å². The predicted molar refractivity (Wildman–Crippen MR) is 107 cm³/mol. The van der Waals surface area contributed by atoms with Crippen LogP contribution >= 0.6 is 0 Å². The van der Waals surface area contributed by atoms with Gasteiger partial charge in [0.1, 0.15) is 29.9 Å². The SMILES string of the molecule is N#Cc1cccc(-c2nc(N)c(C(=O)NOCc3ncc[nH]3)c(O[C@H]3CCOC3)n2)c1. The van der Waals surface area contributed by atoms with Crippen molar-refractivity contribution in [2.24, 2.45) is 0 Å². The fourth-order valence-electron chi connectivity index (χ4n) is 2.97. The topological polar surface area (TPSA) is 161 Å². The number of anilines is 1. The number of H-pyrrole nitrogens is 1. The van der Waals surface area contributed by atoms with Crippen LogP contribution < -0.4 is 16.0 Å². The first-order chi connectivity index (χ1) is 15.1. The molecule has 1 aromatic carbocycles. The smallest absolute Gasteiger partial charge is 0.284 e. The van der Waals surface area contributed by atoms with Gasteiger partial charge in [-0.05, 0) is 12.1 Å². The molecule has 11 heteroatoms. The van der Waals surface area contributed by atoms with E-state index >= 15 is 0 Å². The third-order valence-corrected chi connectivity index (χ3v) is 4.48. The van der Waals surface area contributed by atoms with E-state index < -0.39 is 5.91 Å². The van der Waals surface area contributed by atoms with Crippen LogP contribution in [0.5, 0.6) is 5.88 Å². The molecule has 0 saturated carbocycles. The zero-order chi connectivity index (χ0) is 21.6. The normalized spacial score (nSPS) is 15.4. The maximum absolute atomic E-state index is 12.8. The molecule has 3 aromatic rings. The summed E-state index contributed by atoms with van der Waals surface area (Å²) in [6.07, 6.45) is 3.59. The molecule has 0 aliphatic carbocycles. The number of aromatic nitrogens is 4. The Morgan fingerprint density at radius 1 is 1.42 bits per heavy atom. The van der Waals surface area contributed by atoms with E-state index in [1.54, 1.807) is 36.7 Å². The molecule has 4 N–H and O–H groups in total. The summed E-state index contributed by atoms with van der Waals surface area (Å²) in [4.78, 5) is 33.5. The van der Waals surface area contributed by atoms with Crippen molar-refractivity contribution in [1.82, 2.24) is 25.4 Å². The molecule has 1 saturated heterocycles. The number of nitriles is 1. The van der Waals surface area contributed by atoms with E-state index in [9.17, 15) is 4.79 Å². The average molecular weight is 421 g/mol. The van der Waals surface area contributed by atoms with Gasteiger partial charge in [-0.3, -0.25) is 9.63 Å². The van der Waals surface area contributed by atoms with E-state index in [1.165, 1.54) is 0 Å².